The molecule has 0 unspecified atom stereocenters. The van der Waals surface area contributed by atoms with E-state index >= 15 is 0 Å². The summed E-state index contributed by atoms with van der Waals surface area (Å²) in [5.74, 6) is 0.598. The molecule has 0 atom stereocenters. The smallest absolute Gasteiger partial charge is 0.220 e. The highest BCUT2D eigenvalue weighted by atomic mass is 15.3. The Hall–Kier alpha value is -2.23. The topological polar surface area (TPSA) is 43.6 Å². The second kappa shape index (κ2) is 3.41. The Labute approximate surface area is 92.6 Å². The fourth-order valence-corrected chi connectivity index (χ4v) is 1.71. The Morgan fingerprint density at radius 2 is 1.94 bits per heavy atom. The first-order valence-corrected chi connectivity index (χ1v) is 5.06. The van der Waals surface area contributed by atoms with Crippen molar-refractivity contribution in [1.29, 1.82) is 0 Å². The third kappa shape index (κ3) is 1.35. The first-order chi connectivity index (χ1) is 7.84. The molecule has 0 aliphatic carbocycles. The summed E-state index contributed by atoms with van der Waals surface area (Å²) in [7, 11) is 0. The van der Waals surface area contributed by atoms with E-state index < -0.39 is 0 Å². The van der Waals surface area contributed by atoms with Crippen molar-refractivity contribution in [2.75, 3.05) is 0 Å². The Bertz CT molecular complexity index is 628. The molecule has 78 valence electrons. The van der Waals surface area contributed by atoms with Crippen LogP contribution in [0.4, 0.5) is 0 Å². The third-order valence-electron chi connectivity index (χ3n) is 2.47. The molecule has 0 aliphatic rings. The molecule has 0 N–H and O–H groups in total. The molecule has 3 rings (SSSR count). The molecular weight excluding hydrogens is 200 g/mol. The van der Waals surface area contributed by atoms with Gasteiger partial charge in [-0.2, -0.15) is 9.78 Å². The van der Waals surface area contributed by atoms with Gasteiger partial charge in [-0.1, -0.05) is 11.6 Å². The Morgan fingerprint density at radius 1 is 1.12 bits per heavy atom. The van der Waals surface area contributed by atoms with E-state index in [0.29, 0.717) is 5.95 Å². The molecule has 16 heavy (non-hydrogen) atoms. The number of aryl methyl sites for hydroxylation is 1. The predicted molar refractivity (Wildman–Crippen MR) is 61.4 cm³/mol. The standard InChI is InChI=1S/C12H10N4/c1-9-3-4-11-10(7-9)8-15-16(11)12-13-5-2-6-14-12/h2-8H,1H3. The van der Waals surface area contributed by atoms with Crippen molar-refractivity contribution in [3.8, 4) is 5.95 Å². The van der Waals surface area contributed by atoms with Gasteiger partial charge in [0, 0.05) is 17.8 Å². The van der Waals surface area contributed by atoms with E-state index in [4.69, 9.17) is 0 Å². The molecule has 0 bridgehead atoms. The van der Waals surface area contributed by atoms with E-state index in [0.717, 1.165) is 10.9 Å². The van der Waals surface area contributed by atoms with Crippen LogP contribution in [0.25, 0.3) is 16.9 Å². The molecule has 3 aromatic rings. The summed E-state index contributed by atoms with van der Waals surface area (Å²) in [4.78, 5) is 8.37. The van der Waals surface area contributed by atoms with Gasteiger partial charge >= 0.3 is 0 Å². The zero-order valence-corrected chi connectivity index (χ0v) is 8.83. The monoisotopic (exact) mass is 210 g/mol. The van der Waals surface area contributed by atoms with Crippen molar-refractivity contribution in [2.24, 2.45) is 0 Å². The van der Waals surface area contributed by atoms with Crippen LogP contribution < -0.4 is 0 Å². The molecule has 1 aromatic carbocycles. The first-order valence-electron chi connectivity index (χ1n) is 5.06. The van der Waals surface area contributed by atoms with Crippen LogP contribution in [0, 0.1) is 6.92 Å². The summed E-state index contributed by atoms with van der Waals surface area (Å²) >= 11 is 0. The maximum absolute atomic E-state index is 4.30. The van der Waals surface area contributed by atoms with Crippen LogP contribution in [0.5, 0.6) is 0 Å². The minimum absolute atomic E-state index is 0.598. The first kappa shape index (κ1) is 9.03. The molecule has 0 amide bonds. The summed E-state index contributed by atoms with van der Waals surface area (Å²) in [5, 5.41) is 5.40. The number of nitrogens with zero attached hydrogens (tertiary/aromatic N) is 4. The maximum atomic E-state index is 4.30. The molecular formula is C12H10N4. The van der Waals surface area contributed by atoms with Gasteiger partial charge in [-0.25, -0.2) is 9.97 Å². The summed E-state index contributed by atoms with van der Waals surface area (Å²) in [6.45, 7) is 2.07. The number of hydrogen-bond acceptors (Lipinski definition) is 3. The lowest BCUT2D eigenvalue weighted by molar-refractivity contribution is 0.832. The van der Waals surface area contributed by atoms with Gasteiger partial charge < -0.3 is 0 Å². The normalized spacial score (nSPS) is 10.8. The average molecular weight is 210 g/mol. The second-order valence-electron chi connectivity index (χ2n) is 3.67. The molecule has 0 saturated carbocycles. The van der Waals surface area contributed by atoms with Crippen molar-refractivity contribution < 1.29 is 0 Å². The zero-order valence-electron chi connectivity index (χ0n) is 8.83. The molecule has 4 heteroatoms. The molecule has 0 fully saturated rings. The molecule has 4 nitrogen and oxygen atoms in total. The highest BCUT2D eigenvalue weighted by Gasteiger charge is 2.05. The Balaban J connectivity index is 2.26. The van der Waals surface area contributed by atoms with Crippen LogP contribution in [0.1, 0.15) is 5.56 Å². The fraction of sp³-hybridized carbons (Fsp3) is 0.0833. The highest BCUT2D eigenvalue weighted by molar-refractivity contribution is 5.80. The van der Waals surface area contributed by atoms with Gasteiger partial charge in [0.25, 0.3) is 5.95 Å². The molecule has 0 aliphatic heterocycles. The van der Waals surface area contributed by atoms with E-state index in [-0.39, 0.29) is 0 Å². The number of rotatable bonds is 1. The average Bonchev–Trinajstić information content (AvgIpc) is 2.73. The minimum Gasteiger partial charge on any atom is -0.220 e. The number of benzene rings is 1. The van der Waals surface area contributed by atoms with Crippen LogP contribution in [0.15, 0.2) is 42.9 Å². The van der Waals surface area contributed by atoms with Crippen molar-refractivity contribution in [2.45, 2.75) is 6.92 Å². The van der Waals surface area contributed by atoms with Gasteiger partial charge in [0.1, 0.15) is 0 Å². The lowest BCUT2D eigenvalue weighted by Crippen LogP contribution is -2.01. The zero-order chi connectivity index (χ0) is 11.0. The number of hydrogen-bond donors (Lipinski definition) is 0. The van der Waals surface area contributed by atoms with Crippen LogP contribution in [-0.4, -0.2) is 19.7 Å². The maximum Gasteiger partial charge on any atom is 0.251 e. The molecule has 0 radical (unpaired) electrons. The van der Waals surface area contributed by atoms with Gasteiger partial charge in [-0.05, 0) is 25.1 Å². The summed E-state index contributed by atoms with van der Waals surface area (Å²) in [5.41, 5.74) is 2.25. The van der Waals surface area contributed by atoms with Gasteiger partial charge in [-0.15, -0.1) is 0 Å². The lowest BCUT2D eigenvalue weighted by Gasteiger charge is -2.00. The van der Waals surface area contributed by atoms with E-state index in [9.17, 15) is 0 Å². The van der Waals surface area contributed by atoms with Gasteiger partial charge in [-0.3, -0.25) is 0 Å². The van der Waals surface area contributed by atoms with Crippen molar-refractivity contribution in [1.82, 2.24) is 19.7 Å². The lowest BCUT2D eigenvalue weighted by atomic mass is 10.2. The van der Waals surface area contributed by atoms with E-state index in [1.165, 1.54) is 5.56 Å². The van der Waals surface area contributed by atoms with Gasteiger partial charge in [0.2, 0.25) is 0 Å². The SMILES string of the molecule is Cc1ccc2c(cnn2-c2ncccn2)c1. The Kier molecular flexibility index (Phi) is 1.93. The summed E-state index contributed by atoms with van der Waals surface area (Å²) in [6.07, 6.45) is 5.26. The van der Waals surface area contributed by atoms with E-state index in [2.05, 4.69) is 34.1 Å². The van der Waals surface area contributed by atoms with Crippen LogP contribution in [0.3, 0.4) is 0 Å². The molecule has 0 saturated heterocycles. The summed E-state index contributed by atoms with van der Waals surface area (Å²) < 4.78 is 1.74. The highest BCUT2D eigenvalue weighted by Crippen LogP contribution is 2.17. The second-order valence-corrected chi connectivity index (χ2v) is 3.67. The van der Waals surface area contributed by atoms with E-state index in [1.807, 2.05) is 12.3 Å². The predicted octanol–water partition coefficient (Wildman–Crippen LogP) is 2.12. The van der Waals surface area contributed by atoms with Crippen LogP contribution >= 0.6 is 0 Å². The van der Waals surface area contributed by atoms with Crippen LogP contribution in [-0.2, 0) is 0 Å². The van der Waals surface area contributed by atoms with Crippen molar-refractivity contribution in [3.05, 3.63) is 48.4 Å². The molecule has 2 heterocycles. The summed E-state index contributed by atoms with van der Waals surface area (Å²) in [6, 6.07) is 7.98. The largest absolute Gasteiger partial charge is 0.251 e. The fourth-order valence-electron chi connectivity index (χ4n) is 1.71. The van der Waals surface area contributed by atoms with Crippen LogP contribution in [0.2, 0.25) is 0 Å². The van der Waals surface area contributed by atoms with Gasteiger partial charge in [0.15, 0.2) is 0 Å². The minimum atomic E-state index is 0.598. The quantitative estimate of drug-likeness (QED) is 0.618. The Morgan fingerprint density at radius 3 is 2.75 bits per heavy atom. The molecule has 2 aromatic heterocycles. The van der Waals surface area contributed by atoms with Crippen molar-refractivity contribution >= 4 is 10.9 Å². The van der Waals surface area contributed by atoms with Gasteiger partial charge in [0.05, 0.1) is 11.7 Å². The number of aromatic nitrogens is 4. The third-order valence-corrected chi connectivity index (χ3v) is 2.47. The number of fused-ring (bicyclic) bond motifs is 1. The molecule has 0 spiro atoms. The van der Waals surface area contributed by atoms with Crippen molar-refractivity contribution in [3.63, 3.8) is 0 Å². The van der Waals surface area contributed by atoms with E-state index in [1.54, 1.807) is 23.1 Å².